The van der Waals surface area contributed by atoms with Gasteiger partial charge < -0.3 is 10.6 Å². The van der Waals surface area contributed by atoms with Crippen molar-refractivity contribution in [2.75, 3.05) is 10.6 Å². The zero-order valence-corrected chi connectivity index (χ0v) is 11.3. The summed E-state index contributed by atoms with van der Waals surface area (Å²) in [6.45, 7) is 7.95. The van der Waals surface area contributed by atoms with Gasteiger partial charge in [-0.3, -0.25) is 5.32 Å². The van der Waals surface area contributed by atoms with E-state index < -0.39 is 0 Å². The normalized spacial score (nSPS) is 12.1. The average Bonchev–Trinajstić information content (AvgIpc) is 2.30. The van der Waals surface area contributed by atoms with Gasteiger partial charge in [0.1, 0.15) is 5.82 Å². The Labute approximate surface area is 108 Å². The Balaban J connectivity index is 2.52. The molecule has 6 nitrogen and oxygen atoms in total. The molecule has 0 saturated heterocycles. The standard InChI is InChI=1S/C12H21N5O/c1-5-9(4)14-10-6-7-11(17-16-10)15-12(18)13-8(2)3/h6-9H,5H2,1-4H3,(H,14,16)(H2,13,15,17,18). The van der Waals surface area contributed by atoms with Crippen LogP contribution in [0, 0.1) is 0 Å². The molecule has 0 aliphatic carbocycles. The average molecular weight is 251 g/mol. The van der Waals surface area contributed by atoms with Crippen molar-refractivity contribution in [1.82, 2.24) is 15.5 Å². The highest BCUT2D eigenvalue weighted by atomic mass is 16.2. The molecule has 0 aliphatic rings. The zero-order valence-electron chi connectivity index (χ0n) is 11.3. The number of hydrogen-bond donors (Lipinski definition) is 3. The Hall–Kier alpha value is -1.85. The summed E-state index contributed by atoms with van der Waals surface area (Å²) < 4.78 is 0. The third-order valence-corrected chi connectivity index (χ3v) is 2.33. The topological polar surface area (TPSA) is 78.9 Å². The van der Waals surface area contributed by atoms with Gasteiger partial charge in [-0.2, -0.15) is 0 Å². The number of carbonyl (C=O) groups excluding carboxylic acids is 1. The summed E-state index contributed by atoms with van der Waals surface area (Å²) in [4.78, 5) is 11.4. The fourth-order valence-electron chi connectivity index (χ4n) is 1.25. The van der Waals surface area contributed by atoms with Crippen molar-refractivity contribution < 1.29 is 4.79 Å². The summed E-state index contributed by atoms with van der Waals surface area (Å²) in [5, 5.41) is 16.5. The van der Waals surface area contributed by atoms with E-state index >= 15 is 0 Å². The second-order valence-electron chi connectivity index (χ2n) is 4.51. The quantitative estimate of drug-likeness (QED) is 0.749. The molecule has 1 heterocycles. The van der Waals surface area contributed by atoms with Gasteiger partial charge in [0.15, 0.2) is 5.82 Å². The molecule has 1 rings (SSSR count). The summed E-state index contributed by atoms with van der Waals surface area (Å²) >= 11 is 0. The summed E-state index contributed by atoms with van der Waals surface area (Å²) in [7, 11) is 0. The molecule has 100 valence electrons. The van der Waals surface area contributed by atoms with Crippen molar-refractivity contribution in [3.63, 3.8) is 0 Å². The molecule has 0 aromatic carbocycles. The van der Waals surface area contributed by atoms with Crippen molar-refractivity contribution in [2.24, 2.45) is 0 Å². The molecule has 3 N–H and O–H groups in total. The van der Waals surface area contributed by atoms with Crippen LogP contribution in [0.5, 0.6) is 0 Å². The van der Waals surface area contributed by atoms with Crippen LogP contribution in [0.3, 0.4) is 0 Å². The van der Waals surface area contributed by atoms with Crippen LogP contribution in [0.2, 0.25) is 0 Å². The second kappa shape index (κ2) is 6.78. The summed E-state index contributed by atoms with van der Waals surface area (Å²) in [6, 6.07) is 3.68. The number of aromatic nitrogens is 2. The minimum atomic E-state index is -0.276. The molecule has 0 radical (unpaired) electrons. The third-order valence-electron chi connectivity index (χ3n) is 2.33. The van der Waals surface area contributed by atoms with E-state index in [1.54, 1.807) is 12.1 Å². The first kappa shape index (κ1) is 14.2. The summed E-state index contributed by atoms with van der Waals surface area (Å²) in [5.41, 5.74) is 0. The van der Waals surface area contributed by atoms with Crippen LogP contribution in [-0.2, 0) is 0 Å². The predicted molar refractivity (Wildman–Crippen MR) is 72.7 cm³/mol. The van der Waals surface area contributed by atoms with Gasteiger partial charge >= 0.3 is 6.03 Å². The first-order valence-electron chi connectivity index (χ1n) is 6.19. The van der Waals surface area contributed by atoms with E-state index in [1.165, 1.54) is 0 Å². The van der Waals surface area contributed by atoms with Crippen LogP contribution in [0.25, 0.3) is 0 Å². The number of urea groups is 1. The molecule has 18 heavy (non-hydrogen) atoms. The van der Waals surface area contributed by atoms with Gasteiger partial charge in [-0.15, -0.1) is 10.2 Å². The number of nitrogens with one attached hydrogen (secondary N) is 3. The molecule has 1 atom stereocenters. The molecule has 0 fully saturated rings. The molecule has 0 saturated carbocycles. The molecule has 1 aromatic rings. The minimum absolute atomic E-state index is 0.0873. The lowest BCUT2D eigenvalue weighted by Gasteiger charge is -2.12. The number of carbonyl (C=O) groups is 1. The number of amides is 2. The number of anilines is 2. The van der Waals surface area contributed by atoms with Crippen LogP contribution >= 0.6 is 0 Å². The first-order valence-corrected chi connectivity index (χ1v) is 6.19. The van der Waals surface area contributed by atoms with Crippen LogP contribution < -0.4 is 16.0 Å². The maximum absolute atomic E-state index is 11.4. The van der Waals surface area contributed by atoms with Crippen molar-refractivity contribution in [2.45, 2.75) is 46.2 Å². The molecule has 1 unspecified atom stereocenters. The summed E-state index contributed by atoms with van der Waals surface area (Å²) in [6.07, 6.45) is 1.01. The molecular weight excluding hydrogens is 230 g/mol. The third kappa shape index (κ3) is 4.99. The van der Waals surface area contributed by atoms with E-state index in [0.717, 1.165) is 6.42 Å². The van der Waals surface area contributed by atoms with E-state index in [2.05, 4.69) is 40.0 Å². The SMILES string of the molecule is CCC(C)Nc1ccc(NC(=O)NC(C)C)nn1. The monoisotopic (exact) mass is 251 g/mol. The Morgan fingerprint density at radius 1 is 1.22 bits per heavy atom. The predicted octanol–water partition coefficient (Wildman–Crippen LogP) is 2.22. The Morgan fingerprint density at radius 2 is 1.83 bits per heavy atom. The molecule has 2 amide bonds. The van der Waals surface area contributed by atoms with E-state index in [4.69, 9.17) is 0 Å². The smallest absolute Gasteiger partial charge is 0.320 e. The van der Waals surface area contributed by atoms with Crippen LogP contribution in [0.1, 0.15) is 34.1 Å². The fourth-order valence-corrected chi connectivity index (χ4v) is 1.25. The molecule has 0 aliphatic heterocycles. The lowest BCUT2D eigenvalue weighted by molar-refractivity contribution is 0.250. The lowest BCUT2D eigenvalue weighted by Crippen LogP contribution is -2.34. The molecule has 1 aromatic heterocycles. The number of hydrogen-bond acceptors (Lipinski definition) is 4. The van der Waals surface area contributed by atoms with E-state index in [0.29, 0.717) is 17.7 Å². The molecule has 6 heteroatoms. The largest absolute Gasteiger partial charge is 0.366 e. The Bertz CT molecular complexity index is 377. The summed E-state index contributed by atoms with van der Waals surface area (Å²) in [5.74, 6) is 1.14. The highest BCUT2D eigenvalue weighted by molar-refractivity contribution is 5.88. The molecular formula is C12H21N5O. The number of nitrogens with zero attached hydrogens (tertiary/aromatic N) is 2. The lowest BCUT2D eigenvalue weighted by atomic mass is 10.2. The van der Waals surface area contributed by atoms with Crippen LogP contribution in [0.15, 0.2) is 12.1 Å². The van der Waals surface area contributed by atoms with Gasteiger partial charge in [-0.1, -0.05) is 6.92 Å². The van der Waals surface area contributed by atoms with Gasteiger partial charge in [0, 0.05) is 12.1 Å². The highest BCUT2D eigenvalue weighted by Crippen LogP contribution is 2.08. The molecule has 0 spiro atoms. The van der Waals surface area contributed by atoms with E-state index in [1.807, 2.05) is 13.8 Å². The minimum Gasteiger partial charge on any atom is -0.366 e. The second-order valence-corrected chi connectivity index (χ2v) is 4.51. The van der Waals surface area contributed by atoms with Crippen LogP contribution in [0.4, 0.5) is 16.4 Å². The fraction of sp³-hybridized carbons (Fsp3) is 0.583. The van der Waals surface area contributed by atoms with E-state index in [-0.39, 0.29) is 12.1 Å². The first-order chi connectivity index (χ1) is 8.51. The Morgan fingerprint density at radius 3 is 2.33 bits per heavy atom. The Kier molecular flexibility index (Phi) is 5.35. The van der Waals surface area contributed by atoms with E-state index in [9.17, 15) is 4.79 Å². The van der Waals surface area contributed by atoms with Crippen molar-refractivity contribution in [3.05, 3.63) is 12.1 Å². The van der Waals surface area contributed by atoms with Gasteiger partial charge in [-0.25, -0.2) is 4.79 Å². The number of rotatable bonds is 5. The van der Waals surface area contributed by atoms with Gasteiger partial charge in [-0.05, 0) is 39.3 Å². The van der Waals surface area contributed by atoms with Gasteiger partial charge in [0.25, 0.3) is 0 Å². The van der Waals surface area contributed by atoms with Crippen molar-refractivity contribution in [1.29, 1.82) is 0 Å². The van der Waals surface area contributed by atoms with Gasteiger partial charge in [0.05, 0.1) is 0 Å². The molecule has 0 bridgehead atoms. The van der Waals surface area contributed by atoms with Gasteiger partial charge in [0.2, 0.25) is 0 Å². The van der Waals surface area contributed by atoms with Crippen LogP contribution in [-0.4, -0.2) is 28.3 Å². The van der Waals surface area contributed by atoms with Crippen molar-refractivity contribution in [3.8, 4) is 0 Å². The maximum atomic E-state index is 11.4. The maximum Gasteiger partial charge on any atom is 0.320 e. The highest BCUT2D eigenvalue weighted by Gasteiger charge is 2.05. The zero-order chi connectivity index (χ0) is 13.5. The van der Waals surface area contributed by atoms with Crippen molar-refractivity contribution >= 4 is 17.7 Å².